The summed E-state index contributed by atoms with van der Waals surface area (Å²) in [7, 11) is 0. The molecule has 2 rings (SSSR count). The van der Waals surface area contributed by atoms with Gasteiger partial charge in [0.1, 0.15) is 0 Å². The van der Waals surface area contributed by atoms with E-state index in [1.165, 1.54) is 5.56 Å². The number of hydrogen-bond donors (Lipinski definition) is 0. The van der Waals surface area contributed by atoms with Crippen LogP contribution in [0.25, 0.3) is 0 Å². The third-order valence-corrected chi connectivity index (χ3v) is 3.37. The van der Waals surface area contributed by atoms with E-state index in [4.69, 9.17) is 4.74 Å². The van der Waals surface area contributed by atoms with Crippen molar-refractivity contribution in [1.29, 1.82) is 0 Å². The summed E-state index contributed by atoms with van der Waals surface area (Å²) in [5, 5.41) is 0. The summed E-state index contributed by atoms with van der Waals surface area (Å²) in [6.07, 6.45) is 8.47. The standard InChI is InChI=1S/C16H22O/c1-13(2)16-10-6-9-15(17-16)12-11-14-7-4-3-5-8-14/h3-9,13,15-16H,10-12H2,1-2H3/t15-,16+/m1/s1. The van der Waals surface area contributed by atoms with E-state index in [1.807, 2.05) is 0 Å². The summed E-state index contributed by atoms with van der Waals surface area (Å²) in [5.41, 5.74) is 1.40. The lowest BCUT2D eigenvalue weighted by molar-refractivity contribution is -0.0224. The molecule has 92 valence electrons. The molecule has 17 heavy (non-hydrogen) atoms. The molecule has 1 nitrogen and oxygen atoms in total. The third-order valence-electron chi connectivity index (χ3n) is 3.37. The normalized spacial score (nSPS) is 24.2. The Balaban J connectivity index is 1.84. The quantitative estimate of drug-likeness (QED) is 0.711. The van der Waals surface area contributed by atoms with E-state index in [-0.39, 0.29) is 0 Å². The lowest BCUT2D eigenvalue weighted by Gasteiger charge is -2.28. The zero-order valence-electron chi connectivity index (χ0n) is 10.8. The van der Waals surface area contributed by atoms with Gasteiger partial charge in [-0.1, -0.05) is 56.3 Å². The average Bonchev–Trinajstić information content (AvgIpc) is 2.38. The molecule has 0 amide bonds. The van der Waals surface area contributed by atoms with Crippen molar-refractivity contribution in [1.82, 2.24) is 0 Å². The molecule has 1 aliphatic rings. The van der Waals surface area contributed by atoms with Crippen LogP contribution in [0.5, 0.6) is 0 Å². The van der Waals surface area contributed by atoms with E-state index in [0.29, 0.717) is 18.1 Å². The first kappa shape index (κ1) is 12.4. The van der Waals surface area contributed by atoms with Gasteiger partial charge >= 0.3 is 0 Å². The molecular formula is C16H22O. The Morgan fingerprint density at radius 1 is 1.24 bits per heavy atom. The number of hydrogen-bond acceptors (Lipinski definition) is 1. The van der Waals surface area contributed by atoms with Gasteiger partial charge in [-0.25, -0.2) is 0 Å². The van der Waals surface area contributed by atoms with Crippen LogP contribution in [0.4, 0.5) is 0 Å². The van der Waals surface area contributed by atoms with Crippen LogP contribution in [0.15, 0.2) is 42.5 Å². The Hall–Kier alpha value is -1.08. The molecular weight excluding hydrogens is 208 g/mol. The van der Waals surface area contributed by atoms with Crippen LogP contribution in [0.3, 0.4) is 0 Å². The van der Waals surface area contributed by atoms with Crippen molar-refractivity contribution in [3.8, 4) is 0 Å². The maximum absolute atomic E-state index is 6.08. The van der Waals surface area contributed by atoms with Crippen LogP contribution < -0.4 is 0 Å². The fraction of sp³-hybridized carbons (Fsp3) is 0.500. The molecule has 2 atom stereocenters. The van der Waals surface area contributed by atoms with Crippen molar-refractivity contribution in [2.24, 2.45) is 5.92 Å². The number of rotatable bonds is 4. The first-order valence-corrected chi connectivity index (χ1v) is 6.62. The van der Waals surface area contributed by atoms with Gasteiger partial charge in [0.25, 0.3) is 0 Å². The van der Waals surface area contributed by atoms with E-state index >= 15 is 0 Å². The molecule has 1 aromatic rings. The Kier molecular flexibility index (Phi) is 4.38. The Labute approximate surface area is 104 Å². The molecule has 1 heteroatoms. The molecule has 0 bridgehead atoms. The summed E-state index contributed by atoms with van der Waals surface area (Å²) in [6.45, 7) is 4.47. The second kappa shape index (κ2) is 6.02. The fourth-order valence-corrected chi connectivity index (χ4v) is 2.24. The highest BCUT2D eigenvalue weighted by Crippen LogP contribution is 2.21. The monoisotopic (exact) mass is 230 g/mol. The van der Waals surface area contributed by atoms with E-state index in [2.05, 4.69) is 56.3 Å². The second-order valence-corrected chi connectivity index (χ2v) is 5.15. The van der Waals surface area contributed by atoms with Crippen LogP contribution in [-0.2, 0) is 11.2 Å². The van der Waals surface area contributed by atoms with Gasteiger partial charge < -0.3 is 4.74 Å². The highest BCUT2D eigenvalue weighted by molar-refractivity contribution is 5.15. The first-order valence-electron chi connectivity index (χ1n) is 6.62. The predicted octanol–water partition coefficient (Wildman–Crippen LogP) is 3.99. The zero-order valence-corrected chi connectivity index (χ0v) is 10.8. The number of aryl methyl sites for hydroxylation is 1. The average molecular weight is 230 g/mol. The lowest BCUT2D eigenvalue weighted by Crippen LogP contribution is -2.28. The Bertz CT molecular complexity index is 353. The smallest absolute Gasteiger partial charge is 0.0763 e. The molecule has 0 saturated heterocycles. The van der Waals surface area contributed by atoms with E-state index in [9.17, 15) is 0 Å². The predicted molar refractivity (Wildman–Crippen MR) is 72.0 cm³/mol. The summed E-state index contributed by atoms with van der Waals surface area (Å²) in [4.78, 5) is 0. The van der Waals surface area contributed by atoms with Crippen molar-refractivity contribution in [3.63, 3.8) is 0 Å². The van der Waals surface area contributed by atoms with Crippen LogP contribution in [0, 0.1) is 5.92 Å². The maximum atomic E-state index is 6.08. The molecule has 0 unspecified atom stereocenters. The highest BCUT2D eigenvalue weighted by atomic mass is 16.5. The van der Waals surface area contributed by atoms with Crippen molar-refractivity contribution >= 4 is 0 Å². The molecule has 0 N–H and O–H groups in total. The minimum atomic E-state index is 0.302. The topological polar surface area (TPSA) is 9.23 Å². The van der Waals surface area contributed by atoms with Gasteiger partial charge in [-0.15, -0.1) is 0 Å². The molecule has 0 saturated carbocycles. The first-order chi connectivity index (χ1) is 8.25. The number of ether oxygens (including phenoxy) is 1. The van der Waals surface area contributed by atoms with Crippen molar-refractivity contribution in [2.75, 3.05) is 0 Å². The van der Waals surface area contributed by atoms with Crippen molar-refractivity contribution < 1.29 is 4.74 Å². The van der Waals surface area contributed by atoms with E-state index in [1.54, 1.807) is 0 Å². The number of benzene rings is 1. The summed E-state index contributed by atoms with van der Waals surface area (Å²) >= 11 is 0. The van der Waals surface area contributed by atoms with E-state index in [0.717, 1.165) is 19.3 Å². The van der Waals surface area contributed by atoms with Crippen molar-refractivity contribution in [2.45, 2.75) is 45.3 Å². The second-order valence-electron chi connectivity index (χ2n) is 5.15. The van der Waals surface area contributed by atoms with Crippen LogP contribution in [0.1, 0.15) is 32.3 Å². The van der Waals surface area contributed by atoms with Crippen molar-refractivity contribution in [3.05, 3.63) is 48.0 Å². The zero-order chi connectivity index (χ0) is 12.1. The molecule has 0 aromatic heterocycles. The van der Waals surface area contributed by atoms with Gasteiger partial charge in [-0.05, 0) is 30.7 Å². The van der Waals surface area contributed by atoms with Gasteiger partial charge in [0.05, 0.1) is 12.2 Å². The largest absolute Gasteiger partial charge is 0.370 e. The summed E-state index contributed by atoms with van der Waals surface area (Å²) in [6, 6.07) is 10.6. The van der Waals surface area contributed by atoms with Gasteiger partial charge in [0, 0.05) is 0 Å². The molecule has 1 aromatic carbocycles. The summed E-state index contributed by atoms with van der Waals surface area (Å²) in [5.74, 6) is 0.610. The molecule has 0 spiro atoms. The minimum absolute atomic E-state index is 0.302. The molecule has 0 aliphatic carbocycles. The Morgan fingerprint density at radius 3 is 2.71 bits per heavy atom. The fourth-order valence-electron chi connectivity index (χ4n) is 2.24. The lowest BCUT2D eigenvalue weighted by atomic mass is 9.99. The van der Waals surface area contributed by atoms with Gasteiger partial charge in [0.15, 0.2) is 0 Å². The minimum Gasteiger partial charge on any atom is -0.370 e. The summed E-state index contributed by atoms with van der Waals surface area (Å²) < 4.78 is 6.08. The van der Waals surface area contributed by atoms with E-state index < -0.39 is 0 Å². The SMILES string of the molecule is CC(C)[C@@H]1CC=C[C@H](CCc2ccccc2)O1. The van der Waals surface area contributed by atoms with Crippen LogP contribution >= 0.6 is 0 Å². The van der Waals surface area contributed by atoms with Gasteiger partial charge in [0.2, 0.25) is 0 Å². The Morgan fingerprint density at radius 2 is 2.00 bits per heavy atom. The molecule has 1 heterocycles. The van der Waals surface area contributed by atoms with Crippen LogP contribution in [-0.4, -0.2) is 12.2 Å². The molecule has 0 radical (unpaired) electrons. The van der Waals surface area contributed by atoms with Gasteiger partial charge in [-0.2, -0.15) is 0 Å². The van der Waals surface area contributed by atoms with Crippen LogP contribution in [0.2, 0.25) is 0 Å². The third kappa shape index (κ3) is 3.71. The molecule has 1 aliphatic heterocycles. The molecule has 0 fully saturated rings. The van der Waals surface area contributed by atoms with Gasteiger partial charge in [-0.3, -0.25) is 0 Å². The highest BCUT2D eigenvalue weighted by Gasteiger charge is 2.20. The maximum Gasteiger partial charge on any atom is 0.0763 e.